The van der Waals surface area contributed by atoms with Gasteiger partial charge in [-0.2, -0.15) is 10.5 Å². The second-order valence-corrected chi connectivity index (χ2v) is 14.0. The fourth-order valence-electron chi connectivity index (χ4n) is 8.73. The van der Waals surface area contributed by atoms with Gasteiger partial charge in [0, 0.05) is 43.7 Å². The Morgan fingerprint density at radius 3 is 1.45 bits per heavy atom. The van der Waals surface area contributed by atoms with Crippen molar-refractivity contribution in [1.82, 2.24) is 13.7 Å². The zero-order chi connectivity index (χ0) is 36.6. The lowest BCUT2D eigenvalue weighted by molar-refractivity contribution is 1.16. The molecule has 0 spiro atoms. The van der Waals surface area contributed by atoms with Crippen LogP contribution in [-0.4, -0.2) is 13.7 Å². The minimum Gasteiger partial charge on any atom is -0.309 e. The highest BCUT2D eigenvalue weighted by Gasteiger charge is 2.19. The van der Waals surface area contributed by atoms with Crippen LogP contribution < -0.4 is 0 Å². The molecular formula is C50H29N5. The highest BCUT2D eigenvalue weighted by Crippen LogP contribution is 2.39. The topological polar surface area (TPSA) is 62.4 Å². The van der Waals surface area contributed by atoms with Gasteiger partial charge in [-0.25, -0.2) is 0 Å². The Kier molecular flexibility index (Phi) is 6.61. The normalized spacial score (nSPS) is 11.6. The first kappa shape index (κ1) is 30.7. The third kappa shape index (κ3) is 4.45. The number of para-hydroxylation sites is 5. The zero-order valence-corrected chi connectivity index (χ0v) is 29.5. The number of aromatic nitrogens is 3. The fraction of sp³-hybridized carbons (Fsp3) is 0. The van der Waals surface area contributed by atoms with Gasteiger partial charge in [0.1, 0.15) is 12.1 Å². The van der Waals surface area contributed by atoms with E-state index < -0.39 is 0 Å². The maximum atomic E-state index is 10.5. The van der Waals surface area contributed by atoms with Crippen molar-refractivity contribution in [1.29, 1.82) is 10.5 Å². The van der Waals surface area contributed by atoms with Gasteiger partial charge < -0.3 is 13.7 Å². The van der Waals surface area contributed by atoms with Crippen LogP contribution in [-0.2, 0) is 0 Å². The summed E-state index contributed by atoms with van der Waals surface area (Å²) in [4.78, 5) is 0. The lowest BCUT2D eigenvalue weighted by atomic mass is 10.0. The summed E-state index contributed by atoms with van der Waals surface area (Å²) in [5, 5.41) is 27.4. The highest BCUT2D eigenvalue weighted by atomic mass is 15.0. The third-order valence-corrected chi connectivity index (χ3v) is 11.1. The number of hydrogen-bond acceptors (Lipinski definition) is 2. The predicted molar refractivity (Wildman–Crippen MR) is 224 cm³/mol. The largest absolute Gasteiger partial charge is 0.309 e. The average Bonchev–Trinajstić information content (AvgIpc) is 3.89. The van der Waals surface area contributed by atoms with Crippen molar-refractivity contribution in [2.75, 3.05) is 0 Å². The molecule has 11 aromatic rings. The summed E-state index contributed by atoms with van der Waals surface area (Å²) >= 11 is 0. The van der Waals surface area contributed by atoms with Crippen LogP contribution in [0.2, 0.25) is 0 Å². The molecule has 0 saturated carbocycles. The Labute approximate surface area is 316 Å². The molecule has 0 aliphatic rings. The van der Waals surface area contributed by atoms with Crippen molar-refractivity contribution in [3.8, 4) is 40.3 Å². The molecule has 55 heavy (non-hydrogen) atoms. The van der Waals surface area contributed by atoms with Crippen LogP contribution >= 0.6 is 0 Å². The van der Waals surface area contributed by atoms with Crippen molar-refractivity contribution >= 4 is 65.4 Å². The molecule has 0 amide bonds. The minimum atomic E-state index is 0.601. The summed E-state index contributed by atoms with van der Waals surface area (Å²) < 4.78 is 6.77. The van der Waals surface area contributed by atoms with E-state index in [9.17, 15) is 10.5 Å². The monoisotopic (exact) mass is 699 g/mol. The summed E-state index contributed by atoms with van der Waals surface area (Å²) in [7, 11) is 0. The van der Waals surface area contributed by atoms with Gasteiger partial charge in [0.25, 0.3) is 0 Å². The van der Waals surface area contributed by atoms with Crippen molar-refractivity contribution in [2.45, 2.75) is 0 Å². The van der Waals surface area contributed by atoms with E-state index in [4.69, 9.17) is 0 Å². The molecule has 0 radical (unpaired) electrons. The van der Waals surface area contributed by atoms with E-state index >= 15 is 0 Å². The number of rotatable bonds is 4. The predicted octanol–water partition coefficient (Wildman–Crippen LogP) is 12.4. The van der Waals surface area contributed by atoms with Crippen LogP contribution in [0.15, 0.2) is 176 Å². The molecule has 0 aliphatic carbocycles. The van der Waals surface area contributed by atoms with Gasteiger partial charge in [-0.1, -0.05) is 103 Å². The third-order valence-electron chi connectivity index (χ3n) is 11.1. The second-order valence-electron chi connectivity index (χ2n) is 14.0. The SMILES string of the molecule is N#Cc1ccc(-c2ccc(-n3c4ccccc4c4cccc(C#N)c43)cc2)cc1-n1c2ccccc2c2cc(-n3c4ccccc4c4ccccc43)ccc21. The molecule has 5 heteroatoms. The Hall–Kier alpha value is -7.86. The van der Waals surface area contributed by atoms with Crippen molar-refractivity contribution in [3.05, 3.63) is 187 Å². The number of hydrogen-bond donors (Lipinski definition) is 0. The van der Waals surface area contributed by atoms with Gasteiger partial charge in [-0.15, -0.1) is 0 Å². The summed E-state index contributed by atoms with van der Waals surface area (Å²) in [5.41, 5.74) is 12.6. The summed E-state index contributed by atoms with van der Waals surface area (Å²) in [6.07, 6.45) is 0. The fourth-order valence-corrected chi connectivity index (χ4v) is 8.73. The molecule has 0 aliphatic heterocycles. The molecule has 0 fully saturated rings. The Bertz CT molecular complexity index is 3400. The Balaban J connectivity index is 1.07. The van der Waals surface area contributed by atoms with Crippen LogP contribution in [0.5, 0.6) is 0 Å². The van der Waals surface area contributed by atoms with E-state index in [1.165, 1.54) is 21.8 Å². The first-order chi connectivity index (χ1) is 27.2. The van der Waals surface area contributed by atoms with Crippen LogP contribution in [0.25, 0.3) is 93.6 Å². The van der Waals surface area contributed by atoms with Crippen LogP contribution in [0.4, 0.5) is 0 Å². The molecule has 11 rings (SSSR count). The van der Waals surface area contributed by atoms with E-state index in [0.29, 0.717) is 11.1 Å². The van der Waals surface area contributed by atoms with Crippen LogP contribution in [0, 0.1) is 22.7 Å². The van der Waals surface area contributed by atoms with Crippen molar-refractivity contribution in [3.63, 3.8) is 0 Å². The smallest absolute Gasteiger partial charge is 0.101 e. The van der Waals surface area contributed by atoms with Crippen LogP contribution in [0.3, 0.4) is 0 Å². The Morgan fingerprint density at radius 1 is 0.327 bits per heavy atom. The summed E-state index contributed by atoms with van der Waals surface area (Å²) in [6.45, 7) is 0. The average molecular weight is 700 g/mol. The van der Waals surface area contributed by atoms with E-state index in [2.05, 4.69) is 165 Å². The van der Waals surface area contributed by atoms with E-state index in [1.807, 2.05) is 36.4 Å². The molecule has 0 bridgehead atoms. The molecule has 0 N–H and O–H groups in total. The number of fused-ring (bicyclic) bond motifs is 9. The van der Waals surface area contributed by atoms with Gasteiger partial charge >= 0.3 is 0 Å². The Morgan fingerprint density at radius 2 is 0.818 bits per heavy atom. The van der Waals surface area contributed by atoms with E-state index in [-0.39, 0.29) is 0 Å². The molecule has 3 aromatic heterocycles. The number of benzene rings is 8. The molecule has 0 atom stereocenters. The molecule has 0 unspecified atom stereocenters. The molecular weight excluding hydrogens is 671 g/mol. The van der Waals surface area contributed by atoms with E-state index in [1.54, 1.807) is 0 Å². The lowest BCUT2D eigenvalue weighted by Gasteiger charge is -2.14. The molecule has 3 heterocycles. The number of nitriles is 2. The first-order valence-electron chi connectivity index (χ1n) is 18.3. The number of nitrogens with zero attached hydrogens (tertiary/aromatic N) is 5. The molecule has 0 saturated heterocycles. The quantitative estimate of drug-likeness (QED) is 0.184. The zero-order valence-electron chi connectivity index (χ0n) is 29.5. The highest BCUT2D eigenvalue weighted by molar-refractivity contribution is 6.13. The minimum absolute atomic E-state index is 0.601. The first-order valence-corrected chi connectivity index (χ1v) is 18.3. The molecule has 254 valence electrons. The molecule has 5 nitrogen and oxygen atoms in total. The lowest BCUT2D eigenvalue weighted by Crippen LogP contribution is -1.99. The van der Waals surface area contributed by atoms with Gasteiger partial charge in [0.05, 0.1) is 49.9 Å². The van der Waals surface area contributed by atoms with Gasteiger partial charge in [-0.05, 0) is 83.9 Å². The van der Waals surface area contributed by atoms with E-state index in [0.717, 1.165) is 71.8 Å². The second kappa shape index (κ2) is 11.8. The van der Waals surface area contributed by atoms with Gasteiger partial charge in [0.15, 0.2) is 0 Å². The summed E-state index contributed by atoms with van der Waals surface area (Å²) in [6, 6.07) is 65.9. The maximum Gasteiger partial charge on any atom is 0.101 e. The van der Waals surface area contributed by atoms with Crippen molar-refractivity contribution < 1.29 is 0 Å². The van der Waals surface area contributed by atoms with Crippen LogP contribution in [0.1, 0.15) is 11.1 Å². The molecule has 8 aromatic carbocycles. The van der Waals surface area contributed by atoms with Gasteiger partial charge in [-0.3, -0.25) is 0 Å². The summed E-state index contributed by atoms with van der Waals surface area (Å²) in [5.74, 6) is 0. The van der Waals surface area contributed by atoms with Gasteiger partial charge in [0.2, 0.25) is 0 Å². The maximum absolute atomic E-state index is 10.5. The van der Waals surface area contributed by atoms with Crippen molar-refractivity contribution in [2.24, 2.45) is 0 Å². The standard InChI is InChI=1S/C50H29N5/c51-30-34-21-20-33(32-22-24-36(25-23-32)54-46-18-7-3-13-40(46)42-15-9-10-35(31-52)50(42)54)28-49(34)55-47-19-8-4-14-41(47)43-29-37(26-27-48(43)55)53-44-16-5-1-11-38(44)39-12-2-6-17-45(39)53/h1-29H.